The molecule has 20 heavy (non-hydrogen) atoms. The molecule has 1 fully saturated rings. The zero-order valence-corrected chi connectivity index (χ0v) is 13.2. The molecule has 1 amide bonds. The predicted octanol–water partition coefficient (Wildman–Crippen LogP) is 2.70. The summed E-state index contributed by atoms with van der Waals surface area (Å²) in [7, 11) is 0. The van der Waals surface area contributed by atoms with Crippen LogP contribution in [0.1, 0.15) is 59.3 Å². The van der Waals surface area contributed by atoms with Crippen LogP contribution < -0.4 is 5.32 Å². The molecule has 1 unspecified atom stereocenters. The van der Waals surface area contributed by atoms with Crippen molar-refractivity contribution in [3.63, 3.8) is 0 Å². The average molecular weight is 279 g/mol. The second-order valence-electron chi connectivity index (χ2n) is 6.51. The van der Waals surface area contributed by atoms with Gasteiger partial charge >= 0.3 is 0 Å². The van der Waals surface area contributed by atoms with Gasteiger partial charge in [0.25, 0.3) is 0 Å². The Morgan fingerprint density at radius 2 is 1.95 bits per heavy atom. The van der Waals surface area contributed by atoms with Crippen molar-refractivity contribution in [2.24, 2.45) is 5.41 Å². The third-order valence-corrected chi connectivity index (χ3v) is 4.02. The molecule has 1 aliphatic rings. The SMILES string of the molecule is CC(NCCCCC(C)(C)C#N)C(=O)N1CCCCC1. The van der Waals surface area contributed by atoms with Crippen LogP contribution >= 0.6 is 0 Å². The van der Waals surface area contributed by atoms with Crippen molar-refractivity contribution >= 4 is 5.91 Å². The van der Waals surface area contributed by atoms with Gasteiger partial charge in [0.05, 0.1) is 17.5 Å². The Morgan fingerprint density at radius 1 is 1.30 bits per heavy atom. The molecule has 1 heterocycles. The standard InChI is InChI=1S/C16H29N3O/c1-14(15(20)19-11-7-4-8-12-19)18-10-6-5-9-16(2,3)13-17/h14,18H,4-12H2,1-3H3. The number of carbonyl (C=O) groups excluding carboxylic acids is 1. The fraction of sp³-hybridized carbons (Fsp3) is 0.875. The van der Waals surface area contributed by atoms with Crippen molar-refractivity contribution in [1.82, 2.24) is 10.2 Å². The minimum Gasteiger partial charge on any atom is -0.341 e. The Kier molecular flexibility index (Phi) is 7.01. The predicted molar refractivity (Wildman–Crippen MR) is 81.1 cm³/mol. The van der Waals surface area contributed by atoms with Gasteiger partial charge in [-0.2, -0.15) is 5.26 Å². The van der Waals surface area contributed by atoms with Gasteiger partial charge in [-0.15, -0.1) is 0 Å². The molecule has 0 aromatic carbocycles. The highest BCUT2D eigenvalue weighted by Crippen LogP contribution is 2.21. The summed E-state index contributed by atoms with van der Waals surface area (Å²) in [5.74, 6) is 0.238. The van der Waals surface area contributed by atoms with E-state index in [1.807, 2.05) is 25.7 Å². The number of rotatable bonds is 7. The molecule has 0 saturated carbocycles. The highest BCUT2D eigenvalue weighted by Gasteiger charge is 2.21. The second kappa shape index (κ2) is 8.26. The van der Waals surface area contributed by atoms with Crippen molar-refractivity contribution < 1.29 is 4.79 Å². The number of carbonyl (C=O) groups is 1. The second-order valence-corrected chi connectivity index (χ2v) is 6.51. The third kappa shape index (κ3) is 5.92. The summed E-state index contributed by atoms with van der Waals surface area (Å²) in [5.41, 5.74) is -0.227. The molecule has 0 radical (unpaired) electrons. The van der Waals surface area contributed by atoms with E-state index in [9.17, 15) is 4.79 Å². The van der Waals surface area contributed by atoms with Crippen molar-refractivity contribution in [1.29, 1.82) is 5.26 Å². The summed E-state index contributed by atoms with van der Waals surface area (Å²) >= 11 is 0. The third-order valence-electron chi connectivity index (χ3n) is 4.02. The molecule has 0 aromatic rings. The molecular formula is C16H29N3O. The minimum atomic E-state index is -0.227. The van der Waals surface area contributed by atoms with E-state index in [1.165, 1.54) is 6.42 Å². The van der Waals surface area contributed by atoms with Gasteiger partial charge in [0.2, 0.25) is 5.91 Å². The van der Waals surface area contributed by atoms with E-state index in [0.29, 0.717) is 0 Å². The average Bonchev–Trinajstić information content (AvgIpc) is 2.46. The molecular weight excluding hydrogens is 250 g/mol. The lowest BCUT2D eigenvalue weighted by Gasteiger charge is -2.29. The Hall–Kier alpha value is -1.08. The van der Waals surface area contributed by atoms with Gasteiger partial charge in [0.15, 0.2) is 0 Å². The highest BCUT2D eigenvalue weighted by molar-refractivity contribution is 5.81. The quantitative estimate of drug-likeness (QED) is 0.729. The maximum absolute atomic E-state index is 12.2. The van der Waals surface area contributed by atoms with E-state index >= 15 is 0 Å². The van der Waals surface area contributed by atoms with Gasteiger partial charge in [-0.1, -0.05) is 6.42 Å². The number of hydrogen-bond acceptors (Lipinski definition) is 3. The molecule has 114 valence electrons. The summed E-state index contributed by atoms with van der Waals surface area (Å²) in [6, 6.07) is 2.23. The molecule has 0 bridgehead atoms. The fourth-order valence-corrected chi connectivity index (χ4v) is 2.54. The van der Waals surface area contributed by atoms with Crippen LogP contribution in [0.15, 0.2) is 0 Å². The van der Waals surface area contributed by atoms with Crippen LogP contribution in [0.3, 0.4) is 0 Å². The number of nitriles is 1. The van der Waals surface area contributed by atoms with Gasteiger partial charge in [0.1, 0.15) is 0 Å². The van der Waals surface area contributed by atoms with Gasteiger partial charge in [-0.25, -0.2) is 0 Å². The molecule has 0 aromatic heterocycles. The summed E-state index contributed by atoms with van der Waals surface area (Å²) in [5, 5.41) is 12.2. The maximum atomic E-state index is 12.2. The molecule has 0 aliphatic carbocycles. The summed E-state index contributed by atoms with van der Waals surface area (Å²) in [6.45, 7) is 8.59. The Balaban J connectivity index is 2.15. The highest BCUT2D eigenvalue weighted by atomic mass is 16.2. The van der Waals surface area contributed by atoms with E-state index < -0.39 is 0 Å². The lowest BCUT2D eigenvalue weighted by molar-refractivity contribution is -0.133. The van der Waals surface area contributed by atoms with Crippen molar-refractivity contribution in [2.75, 3.05) is 19.6 Å². The number of piperidine rings is 1. The lowest BCUT2D eigenvalue weighted by Crippen LogP contribution is -2.47. The summed E-state index contributed by atoms with van der Waals surface area (Å²) in [6.07, 6.45) is 6.49. The zero-order chi connectivity index (χ0) is 15.0. The molecule has 1 aliphatic heterocycles. The largest absolute Gasteiger partial charge is 0.341 e. The molecule has 1 rings (SSSR count). The van der Waals surface area contributed by atoms with Gasteiger partial charge in [0, 0.05) is 13.1 Å². The van der Waals surface area contributed by atoms with Crippen molar-refractivity contribution in [3.8, 4) is 6.07 Å². The van der Waals surface area contributed by atoms with Crippen LogP contribution in [0.25, 0.3) is 0 Å². The monoisotopic (exact) mass is 279 g/mol. The number of unbranched alkanes of at least 4 members (excludes halogenated alkanes) is 1. The minimum absolute atomic E-state index is 0.0860. The Labute approximate surface area is 123 Å². The first-order valence-electron chi connectivity index (χ1n) is 7.90. The van der Waals surface area contributed by atoms with Crippen LogP contribution in [0, 0.1) is 16.7 Å². The topological polar surface area (TPSA) is 56.1 Å². The van der Waals surface area contributed by atoms with E-state index in [2.05, 4.69) is 11.4 Å². The number of amides is 1. The molecule has 1 N–H and O–H groups in total. The number of likely N-dealkylation sites (tertiary alicyclic amines) is 1. The van der Waals surface area contributed by atoms with Crippen LogP contribution in [0.4, 0.5) is 0 Å². The van der Waals surface area contributed by atoms with Crippen LogP contribution in [0.5, 0.6) is 0 Å². The van der Waals surface area contributed by atoms with E-state index in [4.69, 9.17) is 5.26 Å². The van der Waals surface area contributed by atoms with E-state index in [-0.39, 0.29) is 17.4 Å². The fourth-order valence-electron chi connectivity index (χ4n) is 2.54. The molecule has 4 heteroatoms. The van der Waals surface area contributed by atoms with E-state index in [0.717, 1.165) is 51.7 Å². The van der Waals surface area contributed by atoms with Gasteiger partial charge in [-0.05, 0) is 59.4 Å². The smallest absolute Gasteiger partial charge is 0.239 e. The number of hydrogen-bond donors (Lipinski definition) is 1. The van der Waals surface area contributed by atoms with Crippen molar-refractivity contribution in [3.05, 3.63) is 0 Å². The maximum Gasteiger partial charge on any atom is 0.239 e. The van der Waals surface area contributed by atoms with Crippen LogP contribution in [-0.2, 0) is 4.79 Å². The van der Waals surface area contributed by atoms with Crippen molar-refractivity contribution in [2.45, 2.75) is 65.3 Å². The van der Waals surface area contributed by atoms with Crippen LogP contribution in [-0.4, -0.2) is 36.5 Å². The first-order chi connectivity index (χ1) is 9.46. The Morgan fingerprint density at radius 3 is 2.55 bits per heavy atom. The normalized spacial score (nSPS) is 17.6. The number of nitrogens with zero attached hydrogens (tertiary/aromatic N) is 2. The summed E-state index contributed by atoms with van der Waals surface area (Å²) < 4.78 is 0. The Bertz CT molecular complexity index is 340. The first kappa shape index (κ1) is 17.0. The first-order valence-corrected chi connectivity index (χ1v) is 7.90. The number of nitrogens with one attached hydrogen (secondary N) is 1. The summed E-state index contributed by atoms with van der Waals surface area (Å²) in [4.78, 5) is 14.2. The molecule has 1 atom stereocenters. The van der Waals surface area contributed by atoms with E-state index in [1.54, 1.807) is 0 Å². The molecule has 0 spiro atoms. The van der Waals surface area contributed by atoms with Crippen LogP contribution in [0.2, 0.25) is 0 Å². The van der Waals surface area contributed by atoms with Gasteiger partial charge < -0.3 is 10.2 Å². The zero-order valence-electron chi connectivity index (χ0n) is 13.2. The lowest BCUT2D eigenvalue weighted by atomic mass is 9.89. The van der Waals surface area contributed by atoms with Gasteiger partial charge in [-0.3, -0.25) is 4.79 Å². The molecule has 4 nitrogen and oxygen atoms in total. The molecule has 1 saturated heterocycles.